The van der Waals surface area contributed by atoms with Gasteiger partial charge in [0.1, 0.15) is 0 Å². The number of nitrogens with zero attached hydrogens (tertiary/aromatic N) is 1. The second-order valence-corrected chi connectivity index (χ2v) is 5.07. The number of benzene rings is 2. The summed E-state index contributed by atoms with van der Waals surface area (Å²) in [5.74, 6) is 1.02. The molecule has 0 radical (unpaired) electrons. The standard InChI is InChI=1S/C18H20N2O3/c1-12-5-7-14(8-6-12)18(21)20-19-13(2)15-9-10-16(22-3)17(11-15)23-4/h5-11H,1-4H3,(H,20,21)/b19-13+. The average Bonchev–Trinajstić information content (AvgIpc) is 2.59. The Labute approximate surface area is 135 Å². The molecule has 2 aromatic carbocycles. The maximum Gasteiger partial charge on any atom is 0.271 e. The highest BCUT2D eigenvalue weighted by Crippen LogP contribution is 2.27. The summed E-state index contributed by atoms with van der Waals surface area (Å²) in [5, 5.41) is 4.14. The zero-order chi connectivity index (χ0) is 16.8. The van der Waals surface area contributed by atoms with Crippen molar-refractivity contribution in [3.63, 3.8) is 0 Å². The van der Waals surface area contributed by atoms with Gasteiger partial charge < -0.3 is 9.47 Å². The first-order chi connectivity index (χ1) is 11.0. The van der Waals surface area contributed by atoms with E-state index in [9.17, 15) is 4.79 Å². The molecule has 1 N–H and O–H groups in total. The summed E-state index contributed by atoms with van der Waals surface area (Å²) >= 11 is 0. The highest BCUT2D eigenvalue weighted by molar-refractivity contribution is 6.01. The zero-order valence-corrected chi connectivity index (χ0v) is 13.7. The molecule has 5 nitrogen and oxygen atoms in total. The van der Waals surface area contributed by atoms with Gasteiger partial charge in [-0.05, 0) is 44.2 Å². The molecule has 0 aliphatic carbocycles. The summed E-state index contributed by atoms with van der Waals surface area (Å²) in [6, 6.07) is 12.8. The number of rotatable bonds is 5. The Bertz CT molecular complexity index is 722. The van der Waals surface area contributed by atoms with Crippen LogP contribution in [0.25, 0.3) is 0 Å². The van der Waals surface area contributed by atoms with E-state index < -0.39 is 0 Å². The highest BCUT2D eigenvalue weighted by Gasteiger charge is 2.08. The number of hydrogen-bond donors (Lipinski definition) is 1. The van der Waals surface area contributed by atoms with E-state index in [1.54, 1.807) is 32.4 Å². The van der Waals surface area contributed by atoms with Crippen molar-refractivity contribution in [2.45, 2.75) is 13.8 Å². The van der Waals surface area contributed by atoms with Crippen molar-refractivity contribution in [2.75, 3.05) is 14.2 Å². The van der Waals surface area contributed by atoms with Gasteiger partial charge in [0.2, 0.25) is 0 Å². The summed E-state index contributed by atoms with van der Waals surface area (Å²) in [6.07, 6.45) is 0. The second kappa shape index (κ2) is 7.45. The zero-order valence-electron chi connectivity index (χ0n) is 13.7. The number of aryl methyl sites for hydroxylation is 1. The fourth-order valence-electron chi connectivity index (χ4n) is 2.03. The third kappa shape index (κ3) is 4.10. The van der Waals surface area contributed by atoms with E-state index in [0.29, 0.717) is 22.8 Å². The van der Waals surface area contributed by atoms with E-state index in [1.807, 2.05) is 38.1 Å². The predicted molar refractivity (Wildman–Crippen MR) is 90.4 cm³/mol. The van der Waals surface area contributed by atoms with Crippen molar-refractivity contribution in [2.24, 2.45) is 5.10 Å². The van der Waals surface area contributed by atoms with Crippen LogP contribution < -0.4 is 14.9 Å². The Morgan fingerprint density at radius 1 is 0.957 bits per heavy atom. The van der Waals surface area contributed by atoms with Crippen LogP contribution in [0.5, 0.6) is 11.5 Å². The molecule has 0 unspecified atom stereocenters. The minimum atomic E-state index is -0.246. The van der Waals surface area contributed by atoms with Gasteiger partial charge >= 0.3 is 0 Å². The molecule has 0 aliphatic heterocycles. The molecule has 1 amide bonds. The van der Waals surface area contributed by atoms with E-state index >= 15 is 0 Å². The molecule has 5 heteroatoms. The maximum atomic E-state index is 12.1. The molecule has 2 aromatic rings. The Kier molecular flexibility index (Phi) is 5.36. The van der Waals surface area contributed by atoms with Crippen molar-refractivity contribution in [3.8, 4) is 11.5 Å². The minimum absolute atomic E-state index is 0.246. The van der Waals surface area contributed by atoms with Crippen LogP contribution in [0.4, 0.5) is 0 Å². The normalized spacial score (nSPS) is 11.0. The first-order valence-electron chi connectivity index (χ1n) is 7.19. The Balaban J connectivity index is 2.13. The number of carbonyl (C=O) groups excluding carboxylic acids is 1. The van der Waals surface area contributed by atoms with Gasteiger partial charge in [-0.2, -0.15) is 5.10 Å². The van der Waals surface area contributed by atoms with Gasteiger partial charge in [0.05, 0.1) is 19.9 Å². The van der Waals surface area contributed by atoms with E-state index in [-0.39, 0.29) is 5.91 Å². The highest BCUT2D eigenvalue weighted by atomic mass is 16.5. The molecule has 0 atom stereocenters. The summed E-state index contributed by atoms with van der Waals surface area (Å²) in [7, 11) is 3.16. The largest absolute Gasteiger partial charge is 0.493 e. The molecule has 2 rings (SSSR count). The maximum absolute atomic E-state index is 12.1. The van der Waals surface area contributed by atoms with Gasteiger partial charge in [0.25, 0.3) is 5.91 Å². The van der Waals surface area contributed by atoms with Crippen molar-refractivity contribution >= 4 is 11.6 Å². The molecule has 0 aromatic heterocycles. The van der Waals surface area contributed by atoms with Crippen molar-refractivity contribution in [1.82, 2.24) is 5.43 Å². The Morgan fingerprint density at radius 2 is 1.57 bits per heavy atom. The van der Waals surface area contributed by atoms with Crippen molar-refractivity contribution < 1.29 is 14.3 Å². The van der Waals surface area contributed by atoms with Gasteiger partial charge in [-0.15, -0.1) is 0 Å². The Morgan fingerprint density at radius 3 is 2.17 bits per heavy atom. The minimum Gasteiger partial charge on any atom is -0.493 e. The number of hydrogen-bond acceptors (Lipinski definition) is 4. The third-order valence-electron chi connectivity index (χ3n) is 3.44. The monoisotopic (exact) mass is 312 g/mol. The lowest BCUT2D eigenvalue weighted by atomic mass is 10.1. The Hall–Kier alpha value is -2.82. The molecule has 0 aliphatic rings. The summed E-state index contributed by atoms with van der Waals surface area (Å²) in [5.41, 5.74) is 5.74. The quantitative estimate of drug-likeness (QED) is 0.681. The summed E-state index contributed by atoms with van der Waals surface area (Å²) in [6.45, 7) is 3.79. The molecule has 0 saturated heterocycles. The summed E-state index contributed by atoms with van der Waals surface area (Å²) in [4.78, 5) is 12.1. The van der Waals surface area contributed by atoms with Crippen molar-refractivity contribution in [3.05, 3.63) is 59.2 Å². The molecular formula is C18H20N2O3. The van der Waals surface area contributed by atoms with Gasteiger partial charge in [-0.25, -0.2) is 5.43 Å². The number of amides is 1. The topological polar surface area (TPSA) is 59.9 Å². The lowest BCUT2D eigenvalue weighted by molar-refractivity contribution is 0.0955. The molecule has 0 fully saturated rings. The van der Waals surface area contributed by atoms with Crippen LogP contribution in [0, 0.1) is 6.92 Å². The molecular weight excluding hydrogens is 292 g/mol. The second-order valence-electron chi connectivity index (χ2n) is 5.07. The predicted octanol–water partition coefficient (Wildman–Crippen LogP) is 3.17. The van der Waals surface area contributed by atoms with E-state index in [1.165, 1.54) is 0 Å². The van der Waals surface area contributed by atoms with Crippen LogP contribution in [0.3, 0.4) is 0 Å². The van der Waals surface area contributed by atoms with Crippen molar-refractivity contribution in [1.29, 1.82) is 0 Å². The van der Waals surface area contributed by atoms with Crippen LogP contribution >= 0.6 is 0 Å². The third-order valence-corrected chi connectivity index (χ3v) is 3.44. The molecule has 0 saturated carbocycles. The van der Waals surface area contributed by atoms with Crippen LogP contribution in [-0.4, -0.2) is 25.8 Å². The fraction of sp³-hybridized carbons (Fsp3) is 0.222. The smallest absolute Gasteiger partial charge is 0.271 e. The molecule has 0 heterocycles. The van der Waals surface area contributed by atoms with E-state index in [0.717, 1.165) is 11.1 Å². The molecule has 23 heavy (non-hydrogen) atoms. The van der Waals surface area contributed by atoms with Crippen LogP contribution in [0.1, 0.15) is 28.4 Å². The SMILES string of the molecule is COc1ccc(/C(C)=N/NC(=O)c2ccc(C)cc2)cc1OC. The molecule has 0 bridgehead atoms. The number of ether oxygens (including phenoxy) is 2. The van der Waals surface area contributed by atoms with Gasteiger partial charge in [0, 0.05) is 11.1 Å². The van der Waals surface area contributed by atoms with E-state index in [2.05, 4.69) is 10.5 Å². The van der Waals surface area contributed by atoms with Crippen LogP contribution in [0.2, 0.25) is 0 Å². The lowest BCUT2D eigenvalue weighted by Gasteiger charge is -2.09. The summed E-state index contributed by atoms with van der Waals surface area (Å²) < 4.78 is 10.5. The fourth-order valence-corrected chi connectivity index (χ4v) is 2.03. The number of methoxy groups -OCH3 is 2. The van der Waals surface area contributed by atoms with Crippen LogP contribution in [0.15, 0.2) is 47.6 Å². The van der Waals surface area contributed by atoms with Gasteiger partial charge in [0.15, 0.2) is 11.5 Å². The average molecular weight is 312 g/mol. The molecule has 0 spiro atoms. The first kappa shape index (κ1) is 16.5. The van der Waals surface area contributed by atoms with Gasteiger partial charge in [-0.1, -0.05) is 17.7 Å². The number of carbonyl (C=O) groups is 1. The van der Waals surface area contributed by atoms with E-state index in [4.69, 9.17) is 9.47 Å². The number of hydrazone groups is 1. The van der Waals surface area contributed by atoms with Crippen LogP contribution in [-0.2, 0) is 0 Å². The number of nitrogens with one attached hydrogen (secondary N) is 1. The first-order valence-corrected chi connectivity index (χ1v) is 7.19. The lowest BCUT2D eigenvalue weighted by Crippen LogP contribution is -2.19. The molecule has 120 valence electrons. The van der Waals surface area contributed by atoms with Gasteiger partial charge in [-0.3, -0.25) is 4.79 Å².